The Bertz CT molecular complexity index is 930. The third-order valence-corrected chi connectivity index (χ3v) is 4.59. The van der Waals surface area contributed by atoms with E-state index in [1.807, 2.05) is 0 Å². The molecular weight excluding hydrogens is 318 g/mol. The van der Waals surface area contributed by atoms with Crippen molar-refractivity contribution in [3.8, 4) is 6.07 Å². The number of hydrogen-bond donors (Lipinski definition) is 2. The summed E-state index contributed by atoms with van der Waals surface area (Å²) in [7, 11) is -4.06. The van der Waals surface area contributed by atoms with Crippen LogP contribution in [0.4, 0.5) is 5.69 Å². The van der Waals surface area contributed by atoms with Gasteiger partial charge in [-0.15, -0.1) is 0 Å². The third-order valence-electron chi connectivity index (χ3n) is 3.26. The smallest absolute Gasteiger partial charge is 0.337 e. The second-order valence-corrected chi connectivity index (χ2v) is 6.60. The molecule has 0 bridgehead atoms. The number of aromatic carboxylic acids is 1. The Morgan fingerprint density at radius 3 is 2.48 bits per heavy atom. The zero-order valence-corrected chi connectivity index (χ0v) is 13.2. The number of hydrogen-bond acceptors (Lipinski definition) is 5. The summed E-state index contributed by atoms with van der Waals surface area (Å²) in [6.45, 7) is 3.48. The first-order valence-electron chi connectivity index (χ1n) is 6.47. The number of aryl methyl sites for hydroxylation is 2. The molecule has 0 aliphatic rings. The highest BCUT2D eigenvalue weighted by Gasteiger charge is 2.20. The molecule has 1 aromatic carbocycles. The van der Waals surface area contributed by atoms with E-state index < -0.39 is 16.0 Å². The fraction of sp³-hybridized carbons (Fsp3) is 0.133. The van der Waals surface area contributed by atoms with Crippen LogP contribution in [0.2, 0.25) is 0 Å². The largest absolute Gasteiger partial charge is 0.478 e. The molecule has 0 spiro atoms. The fourth-order valence-electron chi connectivity index (χ4n) is 1.91. The molecule has 7 nitrogen and oxygen atoms in total. The summed E-state index contributed by atoms with van der Waals surface area (Å²) < 4.78 is 27.0. The van der Waals surface area contributed by atoms with E-state index in [1.165, 1.54) is 18.3 Å². The number of carbonyl (C=O) groups is 1. The van der Waals surface area contributed by atoms with E-state index in [4.69, 9.17) is 5.26 Å². The third kappa shape index (κ3) is 3.46. The second kappa shape index (κ2) is 6.06. The summed E-state index contributed by atoms with van der Waals surface area (Å²) in [6, 6.07) is 5.82. The molecule has 0 saturated heterocycles. The molecular formula is C15H13N3O4S. The van der Waals surface area contributed by atoms with Crippen LogP contribution in [-0.4, -0.2) is 24.5 Å². The molecule has 0 atom stereocenters. The van der Waals surface area contributed by atoms with E-state index in [0.717, 1.165) is 23.4 Å². The number of nitriles is 1. The van der Waals surface area contributed by atoms with Crippen LogP contribution in [0.5, 0.6) is 0 Å². The molecule has 2 aromatic rings. The Morgan fingerprint density at radius 2 is 1.87 bits per heavy atom. The van der Waals surface area contributed by atoms with Crippen LogP contribution in [0.1, 0.15) is 27.0 Å². The van der Waals surface area contributed by atoms with E-state index >= 15 is 0 Å². The molecule has 0 aliphatic carbocycles. The van der Waals surface area contributed by atoms with Crippen molar-refractivity contribution in [2.45, 2.75) is 18.7 Å². The van der Waals surface area contributed by atoms with Crippen molar-refractivity contribution >= 4 is 21.7 Å². The van der Waals surface area contributed by atoms with E-state index in [-0.39, 0.29) is 21.7 Å². The van der Waals surface area contributed by atoms with Gasteiger partial charge in [-0.2, -0.15) is 5.26 Å². The van der Waals surface area contributed by atoms with Gasteiger partial charge >= 0.3 is 5.97 Å². The number of carboxylic acid groups (broad SMARTS) is 1. The lowest BCUT2D eigenvalue weighted by Gasteiger charge is -2.13. The van der Waals surface area contributed by atoms with Crippen LogP contribution >= 0.6 is 0 Å². The number of benzene rings is 1. The summed E-state index contributed by atoms with van der Waals surface area (Å²) in [5.74, 6) is -1.24. The molecule has 0 unspecified atom stereocenters. The van der Waals surface area contributed by atoms with Gasteiger partial charge in [0.05, 0.1) is 16.8 Å². The Morgan fingerprint density at radius 1 is 1.22 bits per heavy atom. The van der Waals surface area contributed by atoms with E-state index in [2.05, 4.69) is 9.71 Å². The van der Waals surface area contributed by atoms with Gasteiger partial charge in [-0.3, -0.25) is 9.71 Å². The molecule has 0 radical (unpaired) electrons. The van der Waals surface area contributed by atoms with Crippen molar-refractivity contribution in [1.82, 2.24) is 4.98 Å². The molecule has 118 valence electrons. The molecule has 0 saturated carbocycles. The molecule has 0 aliphatic heterocycles. The summed E-state index contributed by atoms with van der Waals surface area (Å²) in [4.78, 5) is 14.8. The maximum atomic E-state index is 12.4. The lowest BCUT2D eigenvalue weighted by Crippen LogP contribution is -2.16. The van der Waals surface area contributed by atoms with E-state index in [9.17, 15) is 18.3 Å². The van der Waals surface area contributed by atoms with Gasteiger partial charge in [0.25, 0.3) is 10.0 Å². The molecule has 1 heterocycles. The highest BCUT2D eigenvalue weighted by Crippen LogP contribution is 2.24. The zero-order valence-electron chi connectivity index (χ0n) is 12.4. The zero-order chi connectivity index (χ0) is 17.2. The van der Waals surface area contributed by atoms with E-state index in [1.54, 1.807) is 19.9 Å². The summed E-state index contributed by atoms with van der Waals surface area (Å²) >= 11 is 0. The second-order valence-electron chi connectivity index (χ2n) is 4.91. The minimum atomic E-state index is -4.06. The molecule has 0 amide bonds. The molecule has 23 heavy (non-hydrogen) atoms. The van der Waals surface area contributed by atoms with Gasteiger partial charge in [-0.25, -0.2) is 13.2 Å². The Hall–Kier alpha value is -2.92. The number of anilines is 1. The first-order valence-corrected chi connectivity index (χ1v) is 7.95. The number of sulfonamides is 1. The molecule has 1 aromatic heterocycles. The van der Waals surface area contributed by atoms with Crippen molar-refractivity contribution < 1.29 is 18.3 Å². The number of nitrogens with zero attached hydrogens (tertiary/aromatic N) is 2. The minimum absolute atomic E-state index is 0.0389. The highest BCUT2D eigenvalue weighted by atomic mass is 32.2. The topological polar surface area (TPSA) is 120 Å². The predicted octanol–water partition coefficient (Wildman–Crippen LogP) is 2.07. The van der Waals surface area contributed by atoms with Crippen LogP contribution in [0.25, 0.3) is 0 Å². The Labute approximate surface area is 133 Å². The summed E-state index contributed by atoms with van der Waals surface area (Å²) in [6.07, 6.45) is 2.32. The quantitative estimate of drug-likeness (QED) is 0.885. The van der Waals surface area contributed by atoms with Gasteiger partial charge in [0.1, 0.15) is 11.0 Å². The van der Waals surface area contributed by atoms with Crippen LogP contribution < -0.4 is 4.72 Å². The van der Waals surface area contributed by atoms with Crippen molar-refractivity contribution in [1.29, 1.82) is 5.26 Å². The van der Waals surface area contributed by atoms with Gasteiger partial charge in [-0.05, 0) is 43.2 Å². The van der Waals surface area contributed by atoms with Crippen LogP contribution in [0, 0.1) is 25.2 Å². The molecule has 0 fully saturated rings. The predicted molar refractivity (Wildman–Crippen MR) is 82.6 cm³/mol. The summed E-state index contributed by atoms with van der Waals surface area (Å²) in [5.41, 5.74) is 1.38. The lowest BCUT2D eigenvalue weighted by atomic mass is 10.0. The maximum absolute atomic E-state index is 12.4. The first-order chi connectivity index (χ1) is 10.7. The number of pyridine rings is 1. The van der Waals surface area contributed by atoms with Gasteiger partial charge in [0, 0.05) is 12.4 Å². The number of aromatic nitrogens is 1. The monoisotopic (exact) mass is 331 g/mol. The SMILES string of the molecule is Cc1cc(NS(=O)(=O)c2cncc(C#N)c2)c(C(=O)O)cc1C. The minimum Gasteiger partial charge on any atom is -0.478 e. The highest BCUT2D eigenvalue weighted by molar-refractivity contribution is 7.92. The Kier molecular flexibility index (Phi) is 4.33. The Balaban J connectivity index is 2.51. The first kappa shape index (κ1) is 16.5. The maximum Gasteiger partial charge on any atom is 0.337 e. The molecule has 2 N–H and O–H groups in total. The number of nitrogens with one attached hydrogen (secondary N) is 1. The number of rotatable bonds is 4. The van der Waals surface area contributed by atoms with Crippen molar-refractivity contribution in [3.05, 3.63) is 52.8 Å². The summed E-state index contributed by atoms with van der Waals surface area (Å²) in [5, 5.41) is 18.1. The number of carboxylic acids is 1. The standard InChI is InChI=1S/C15H13N3O4S/c1-9-3-13(15(19)20)14(4-10(9)2)18-23(21,22)12-5-11(6-16)7-17-8-12/h3-5,7-8,18H,1-2H3,(H,19,20). The van der Waals surface area contributed by atoms with Crippen LogP contribution in [0.15, 0.2) is 35.5 Å². The van der Waals surface area contributed by atoms with Crippen LogP contribution in [0.3, 0.4) is 0 Å². The van der Waals surface area contributed by atoms with Gasteiger partial charge in [-0.1, -0.05) is 0 Å². The van der Waals surface area contributed by atoms with Gasteiger partial charge in [0.2, 0.25) is 0 Å². The van der Waals surface area contributed by atoms with E-state index in [0.29, 0.717) is 0 Å². The fourth-order valence-corrected chi connectivity index (χ4v) is 2.97. The van der Waals surface area contributed by atoms with Crippen molar-refractivity contribution in [3.63, 3.8) is 0 Å². The van der Waals surface area contributed by atoms with Crippen molar-refractivity contribution in [2.24, 2.45) is 0 Å². The normalized spacial score (nSPS) is 10.8. The van der Waals surface area contributed by atoms with Gasteiger partial charge in [0.15, 0.2) is 0 Å². The average molecular weight is 331 g/mol. The molecule has 8 heteroatoms. The lowest BCUT2D eigenvalue weighted by molar-refractivity contribution is 0.0698. The van der Waals surface area contributed by atoms with Gasteiger partial charge < -0.3 is 5.11 Å². The van der Waals surface area contributed by atoms with Crippen molar-refractivity contribution in [2.75, 3.05) is 4.72 Å². The molecule has 2 rings (SSSR count). The average Bonchev–Trinajstić information content (AvgIpc) is 2.50. The van der Waals surface area contributed by atoms with Crippen LogP contribution in [-0.2, 0) is 10.0 Å².